The first-order valence-electron chi connectivity index (χ1n) is 7.79. The summed E-state index contributed by atoms with van der Waals surface area (Å²) in [6, 6.07) is 5.18. The minimum atomic E-state index is -1.10. The highest BCUT2D eigenvalue weighted by Gasteiger charge is 2.26. The summed E-state index contributed by atoms with van der Waals surface area (Å²) < 4.78 is 22.7. The number of methoxy groups -OCH3 is 1. The molecule has 26 heavy (non-hydrogen) atoms. The molecule has 1 atom stereocenters. The van der Waals surface area contributed by atoms with Crippen molar-refractivity contribution < 1.29 is 28.2 Å². The van der Waals surface area contributed by atoms with Crippen LogP contribution >= 0.6 is 0 Å². The van der Waals surface area contributed by atoms with Crippen molar-refractivity contribution in [3.8, 4) is 0 Å². The van der Waals surface area contributed by atoms with E-state index < -0.39 is 29.8 Å². The van der Waals surface area contributed by atoms with Crippen LogP contribution in [-0.2, 0) is 14.3 Å². The van der Waals surface area contributed by atoms with Crippen molar-refractivity contribution in [2.45, 2.75) is 26.9 Å². The van der Waals surface area contributed by atoms with Gasteiger partial charge in [0.15, 0.2) is 6.10 Å². The van der Waals surface area contributed by atoms with Crippen LogP contribution in [0.15, 0.2) is 24.3 Å². The second-order valence-electron chi connectivity index (χ2n) is 5.66. The molecule has 0 unspecified atom stereocenters. The van der Waals surface area contributed by atoms with Gasteiger partial charge in [0.25, 0.3) is 5.91 Å². The number of ether oxygens (including phenoxy) is 2. The van der Waals surface area contributed by atoms with Crippen molar-refractivity contribution in [3.05, 3.63) is 52.6 Å². The SMILES string of the molecule is COC(=O)c1c(C)[nH]c(C(=O)O[C@H](C)C(=O)Nc2ccc(F)cc2)c1C. The van der Waals surface area contributed by atoms with E-state index in [1.807, 2.05) is 0 Å². The number of benzene rings is 1. The Morgan fingerprint density at radius 3 is 2.31 bits per heavy atom. The van der Waals surface area contributed by atoms with Crippen LogP contribution in [0.1, 0.15) is 39.0 Å². The normalized spacial score (nSPS) is 11.6. The molecule has 0 aliphatic carbocycles. The van der Waals surface area contributed by atoms with E-state index in [0.29, 0.717) is 16.9 Å². The van der Waals surface area contributed by atoms with E-state index in [1.165, 1.54) is 38.3 Å². The number of carbonyl (C=O) groups excluding carboxylic acids is 3. The van der Waals surface area contributed by atoms with E-state index in [1.54, 1.807) is 13.8 Å². The van der Waals surface area contributed by atoms with Crippen LogP contribution in [0.4, 0.5) is 10.1 Å². The largest absolute Gasteiger partial charge is 0.465 e. The van der Waals surface area contributed by atoms with E-state index in [9.17, 15) is 18.8 Å². The van der Waals surface area contributed by atoms with Gasteiger partial charge in [0.2, 0.25) is 0 Å². The first-order valence-corrected chi connectivity index (χ1v) is 7.79. The maximum atomic E-state index is 12.9. The molecule has 1 heterocycles. The number of nitrogens with one attached hydrogen (secondary N) is 2. The van der Waals surface area contributed by atoms with Crippen molar-refractivity contribution in [1.29, 1.82) is 0 Å². The topological polar surface area (TPSA) is 97.5 Å². The average Bonchev–Trinajstić information content (AvgIpc) is 2.90. The maximum Gasteiger partial charge on any atom is 0.355 e. The second-order valence-corrected chi connectivity index (χ2v) is 5.66. The lowest BCUT2D eigenvalue weighted by Gasteiger charge is -2.13. The fourth-order valence-electron chi connectivity index (χ4n) is 2.41. The molecule has 0 aliphatic rings. The molecule has 0 fully saturated rings. The molecule has 0 radical (unpaired) electrons. The zero-order valence-electron chi connectivity index (χ0n) is 14.8. The Morgan fingerprint density at radius 1 is 1.12 bits per heavy atom. The number of aryl methyl sites for hydroxylation is 1. The highest BCUT2D eigenvalue weighted by molar-refractivity contribution is 6.00. The molecule has 1 amide bonds. The highest BCUT2D eigenvalue weighted by atomic mass is 19.1. The van der Waals surface area contributed by atoms with Gasteiger partial charge in [-0.05, 0) is 50.6 Å². The third-order valence-electron chi connectivity index (χ3n) is 3.80. The van der Waals surface area contributed by atoms with Gasteiger partial charge < -0.3 is 19.8 Å². The lowest BCUT2D eigenvalue weighted by molar-refractivity contribution is -0.123. The number of hydrogen-bond donors (Lipinski definition) is 2. The summed E-state index contributed by atoms with van der Waals surface area (Å²) in [5.41, 5.74) is 1.54. The molecule has 138 valence electrons. The van der Waals surface area contributed by atoms with Gasteiger partial charge in [-0.2, -0.15) is 0 Å². The number of halogens is 1. The summed E-state index contributed by atoms with van der Waals surface area (Å²) in [4.78, 5) is 39.0. The molecule has 8 heteroatoms. The van der Waals surface area contributed by atoms with Gasteiger partial charge in [-0.15, -0.1) is 0 Å². The molecule has 7 nitrogen and oxygen atoms in total. The number of aromatic nitrogens is 1. The van der Waals surface area contributed by atoms with Crippen molar-refractivity contribution in [2.24, 2.45) is 0 Å². The Labute approximate surface area is 149 Å². The lowest BCUT2D eigenvalue weighted by Crippen LogP contribution is -2.30. The minimum absolute atomic E-state index is 0.0735. The molecule has 0 saturated carbocycles. The fraction of sp³-hybridized carbons (Fsp3) is 0.278. The smallest absolute Gasteiger partial charge is 0.355 e. The Balaban J connectivity index is 2.08. The molecular weight excluding hydrogens is 343 g/mol. The third-order valence-corrected chi connectivity index (χ3v) is 3.80. The molecule has 0 bridgehead atoms. The van der Waals surface area contributed by atoms with Gasteiger partial charge >= 0.3 is 11.9 Å². The van der Waals surface area contributed by atoms with Crippen LogP contribution in [0.5, 0.6) is 0 Å². The molecule has 2 rings (SSSR count). The number of carbonyl (C=O) groups is 3. The molecule has 2 aromatic rings. The Bertz CT molecular complexity index is 842. The summed E-state index contributed by atoms with van der Waals surface area (Å²) in [6.45, 7) is 4.61. The van der Waals surface area contributed by atoms with Crippen LogP contribution < -0.4 is 5.32 Å². The zero-order valence-corrected chi connectivity index (χ0v) is 14.8. The molecular formula is C18H19FN2O5. The quantitative estimate of drug-likeness (QED) is 0.797. The number of rotatable bonds is 5. The Kier molecular flexibility index (Phi) is 5.76. The van der Waals surface area contributed by atoms with E-state index in [-0.39, 0.29) is 11.3 Å². The van der Waals surface area contributed by atoms with Gasteiger partial charge in [-0.3, -0.25) is 4.79 Å². The van der Waals surface area contributed by atoms with Crippen molar-refractivity contribution >= 4 is 23.5 Å². The summed E-state index contributed by atoms with van der Waals surface area (Å²) in [6.07, 6.45) is -1.10. The Hall–Kier alpha value is -3.16. The maximum absolute atomic E-state index is 12.9. The van der Waals surface area contributed by atoms with E-state index in [0.717, 1.165) is 0 Å². The monoisotopic (exact) mass is 362 g/mol. The lowest BCUT2D eigenvalue weighted by atomic mass is 10.1. The molecule has 0 spiro atoms. The van der Waals surface area contributed by atoms with Crippen LogP contribution in [0.3, 0.4) is 0 Å². The van der Waals surface area contributed by atoms with Crippen LogP contribution in [0.2, 0.25) is 0 Å². The second kappa shape index (κ2) is 7.81. The van der Waals surface area contributed by atoms with Gasteiger partial charge in [0, 0.05) is 11.4 Å². The van der Waals surface area contributed by atoms with Crippen molar-refractivity contribution in [3.63, 3.8) is 0 Å². The van der Waals surface area contributed by atoms with Gasteiger partial charge in [-0.1, -0.05) is 0 Å². The van der Waals surface area contributed by atoms with Gasteiger partial charge in [0.05, 0.1) is 12.7 Å². The summed E-state index contributed by atoms with van der Waals surface area (Å²) >= 11 is 0. The van der Waals surface area contributed by atoms with E-state index >= 15 is 0 Å². The number of esters is 2. The molecule has 1 aromatic carbocycles. The van der Waals surface area contributed by atoms with Crippen LogP contribution in [0.25, 0.3) is 0 Å². The summed E-state index contributed by atoms with van der Waals surface area (Å²) in [5.74, 6) is -2.35. The molecule has 0 aliphatic heterocycles. The van der Waals surface area contributed by atoms with Gasteiger partial charge in [-0.25, -0.2) is 14.0 Å². The number of anilines is 1. The van der Waals surface area contributed by atoms with Crippen LogP contribution in [-0.4, -0.2) is 36.0 Å². The van der Waals surface area contributed by atoms with Crippen LogP contribution in [0, 0.1) is 19.7 Å². The first kappa shape index (κ1) is 19.2. The molecule has 1 aromatic heterocycles. The fourth-order valence-corrected chi connectivity index (χ4v) is 2.41. The average molecular weight is 362 g/mol. The summed E-state index contributed by atoms with van der Waals surface area (Å²) in [5, 5.41) is 2.52. The van der Waals surface area contributed by atoms with Gasteiger partial charge in [0.1, 0.15) is 11.5 Å². The predicted octanol–water partition coefficient (Wildman–Crippen LogP) is 2.74. The Morgan fingerprint density at radius 2 is 1.73 bits per heavy atom. The minimum Gasteiger partial charge on any atom is -0.465 e. The third kappa shape index (κ3) is 4.08. The molecule has 2 N–H and O–H groups in total. The van der Waals surface area contributed by atoms with Crippen molar-refractivity contribution in [1.82, 2.24) is 4.98 Å². The van der Waals surface area contributed by atoms with E-state index in [2.05, 4.69) is 15.0 Å². The number of aromatic amines is 1. The van der Waals surface area contributed by atoms with Crippen molar-refractivity contribution in [2.75, 3.05) is 12.4 Å². The zero-order chi connectivity index (χ0) is 19.4. The number of H-pyrrole nitrogens is 1. The highest BCUT2D eigenvalue weighted by Crippen LogP contribution is 2.20. The standard InChI is InChI=1S/C18H19FN2O5/c1-9-14(17(23)25-4)10(2)20-15(9)18(24)26-11(3)16(22)21-13-7-5-12(19)6-8-13/h5-8,11,20H,1-4H3,(H,21,22)/t11-/m1/s1. The summed E-state index contributed by atoms with van der Waals surface area (Å²) in [7, 11) is 1.24. The predicted molar refractivity (Wildman–Crippen MR) is 91.5 cm³/mol. The first-order chi connectivity index (χ1) is 12.2. The van der Waals surface area contributed by atoms with E-state index in [4.69, 9.17) is 4.74 Å². The number of amides is 1. The molecule has 0 saturated heterocycles. The number of hydrogen-bond acceptors (Lipinski definition) is 5.